The van der Waals surface area contributed by atoms with E-state index < -0.39 is 0 Å². The molecule has 0 radical (unpaired) electrons. The van der Waals surface area contributed by atoms with Crippen molar-refractivity contribution in [2.75, 3.05) is 13.7 Å². The van der Waals surface area contributed by atoms with E-state index in [4.69, 9.17) is 10.5 Å². The maximum atomic E-state index is 5.79. The quantitative estimate of drug-likeness (QED) is 0.887. The Morgan fingerprint density at radius 2 is 1.84 bits per heavy atom. The molecule has 0 aliphatic heterocycles. The van der Waals surface area contributed by atoms with Crippen LogP contribution in [0, 0.1) is 6.92 Å². The number of methoxy groups -OCH3 is 1. The number of hydrogen-bond donors (Lipinski definition) is 1. The van der Waals surface area contributed by atoms with Gasteiger partial charge in [0.2, 0.25) is 0 Å². The molecule has 2 aromatic rings. The Kier molecular flexibility index (Phi) is 4.58. The third-order valence-corrected chi connectivity index (χ3v) is 3.42. The lowest BCUT2D eigenvalue weighted by molar-refractivity contribution is 0.406. The summed E-state index contributed by atoms with van der Waals surface area (Å²) in [7, 11) is 1.72. The molecule has 19 heavy (non-hydrogen) atoms. The Labute approximate surface area is 115 Å². The average molecular weight is 255 g/mol. The first kappa shape index (κ1) is 13.6. The summed E-state index contributed by atoms with van der Waals surface area (Å²) in [6.07, 6.45) is 0.920. The van der Waals surface area contributed by atoms with Gasteiger partial charge >= 0.3 is 0 Å². The predicted octanol–water partition coefficient (Wildman–Crippen LogP) is 3.48. The first-order valence-corrected chi connectivity index (χ1v) is 6.65. The number of benzene rings is 2. The molecule has 0 fully saturated rings. The molecule has 0 saturated heterocycles. The van der Waals surface area contributed by atoms with Crippen LogP contribution in [0.4, 0.5) is 0 Å². The fourth-order valence-corrected chi connectivity index (χ4v) is 2.48. The third kappa shape index (κ3) is 3.15. The van der Waals surface area contributed by atoms with Crippen molar-refractivity contribution < 1.29 is 4.74 Å². The van der Waals surface area contributed by atoms with Gasteiger partial charge < -0.3 is 10.5 Å². The SMILES string of the molecule is COc1ccc(C)cc1C(CCN)c1ccccc1. The van der Waals surface area contributed by atoms with Crippen molar-refractivity contribution in [1.29, 1.82) is 0 Å². The van der Waals surface area contributed by atoms with Gasteiger partial charge in [0.05, 0.1) is 7.11 Å². The highest BCUT2D eigenvalue weighted by molar-refractivity contribution is 5.44. The number of ether oxygens (including phenoxy) is 1. The van der Waals surface area contributed by atoms with Crippen LogP contribution in [-0.4, -0.2) is 13.7 Å². The topological polar surface area (TPSA) is 35.2 Å². The Bertz CT molecular complexity index is 522. The van der Waals surface area contributed by atoms with Crippen molar-refractivity contribution >= 4 is 0 Å². The largest absolute Gasteiger partial charge is 0.496 e. The number of aryl methyl sites for hydroxylation is 1. The summed E-state index contributed by atoms with van der Waals surface area (Å²) in [5, 5.41) is 0. The first-order chi connectivity index (χ1) is 9.26. The average Bonchev–Trinajstić information content (AvgIpc) is 2.45. The van der Waals surface area contributed by atoms with Gasteiger partial charge in [0, 0.05) is 11.5 Å². The molecule has 0 spiro atoms. The summed E-state index contributed by atoms with van der Waals surface area (Å²) in [5.41, 5.74) is 9.55. The zero-order valence-electron chi connectivity index (χ0n) is 11.6. The number of hydrogen-bond acceptors (Lipinski definition) is 2. The Morgan fingerprint density at radius 1 is 1.11 bits per heavy atom. The van der Waals surface area contributed by atoms with E-state index in [1.54, 1.807) is 7.11 Å². The van der Waals surface area contributed by atoms with Gasteiger partial charge in [-0.15, -0.1) is 0 Å². The molecule has 2 rings (SSSR count). The van der Waals surface area contributed by atoms with Gasteiger partial charge in [-0.25, -0.2) is 0 Å². The second kappa shape index (κ2) is 6.39. The number of nitrogens with two attached hydrogens (primary N) is 1. The Morgan fingerprint density at radius 3 is 2.47 bits per heavy atom. The van der Waals surface area contributed by atoms with E-state index in [1.165, 1.54) is 16.7 Å². The maximum Gasteiger partial charge on any atom is 0.122 e. The van der Waals surface area contributed by atoms with Crippen LogP contribution in [0.5, 0.6) is 5.75 Å². The van der Waals surface area contributed by atoms with Gasteiger partial charge in [-0.05, 0) is 31.5 Å². The summed E-state index contributed by atoms with van der Waals surface area (Å²) in [5.74, 6) is 1.23. The van der Waals surface area contributed by atoms with Crippen LogP contribution in [0.2, 0.25) is 0 Å². The minimum atomic E-state index is 0.293. The van der Waals surface area contributed by atoms with Crippen LogP contribution in [-0.2, 0) is 0 Å². The lowest BCUT2D eigenvalue weighted by atomic mass is 9.87. The molecular weight excluding hydrogens is 234 g/mol. The lowest BCUT2D eigenvalue weighted by Crippen LogP contribution is -2.10. The highest BCUT2D eigenvalue weighted by Gasteiger charge is 2.17. The van der Waals surface area contributed by atoms with Crippen molar-refractivity contribution in [1.82, 2.24) is 0 Å². The summed E-state index contributed by atoms with van der Waals surface area (Å²) >= 11 is 0. The molecule has 0 aliphatic rings. The maximum absolute atomic E-state index is 5.79. The summed E-state index contributed by atoms with van der Waals surface area (Å²) in [4.78, 5) is 0. The molecule has 0 heterocycles. The smallest absolute Gasteiger partial charge is 0.122 e. The zero-order valence-corrected chi connectivity index (χ0v) is 11.6. The van der Waals surface area contributed by atoms with E-state index in [9.17, 15) is 0 Å². The molecule has 0 saturated carbocycles. The van der Waals surface area contributed by atoms with Crippen LogP contribution in [0.3, 0.4) is 0 Å². The van der Waals surface area contributed by atoms with Crippen molar-refractivity contribution in [3.63, 3.8) is 0 Å². The van der Waals surface area contributed by atoms with Crippen molar-refractivity contribution in [2.45, 2.75) is 19.3 Å². The molecule has 2 nitrogen and oxygen atoms in total. The lowest BCUT2D eigenvalue weighted by Gasteiger charge is -2.20. The van der Waals surface area contributed by atoms with Gasteiger partial charge in [0.15, 0.2) is 0 Å². The number of rotatable bonds is 5. The van der Waals surface area contributed by atoms with E-state index in [-0.39, 0.29) is 0 Å². The molecule has 2 aromatic carbocycles. The Hall–Kier alpha value is -1.80. The molecule has 0 aromatic heterocycles. The summed E-state index contributed by atoms with van der Waals surface area (Å²) < 4.78 is 5.51. The molecule has 0 aliphatic carbocycles. The Balaban J connectivity index is 2.47. The molecular formula is C17H21NO. The monoisotopic (exact) mass is 255 g/mol. The van der Waals surface area contributed by atoms with Gasteiger partial charge in [-0.1, -0.05) is 48.0 Å². The van der Waals surface area contributed by atoms with E-state index in [2.05, 4.69) is 43.3 Å². The molecule has 2 N–H and O–H groups in total. The fraction of sp³-hybridized carbons (Fsp3) is 0.294. The molecule has 0 amide bonds. The fourth-order valence-electron chi connectivity index (χ4n) is 2.48. The summed E-state index contributed by atoms with van der Waals surface area (Å²) in [6, 6.07) is 16.8. The molecule has 2 heteroatoms. The molecule has 1 unspecified atom stereocenters. The van der Waals surface area contributed by atoms with E-state index in [0.29, 0.717) is 12.5 Å². The van der Waals surface area contributed by atoms with Gasteiger partial charge in [0.25, 0.3) is 0 Å². The minimum Gasteiger partial charge on any atom is -0.496 e. The highest BCUT2D eigenvalue weighted by Crippen LogP contribution is 2.34. The van der Waals surface area contributed by atoms with Gasteiger partial charge in [-0.3, -0.25) is 0 Å². The second-order valence-corrected chi connectivity index (χ2v) is 4.79. The van der Waals surface area contributed by atoms with E-state index in [1.807, 2.05) is 12.1 Å². The predicted molar refractivity (Wildman–Crippen MR) is 79.7 cm³/mol. The third-order valence-electron chi connectivity index (χ3n) is 3.42. The van der Waals surface area contributed by atoms with Crippen LogP contribution in [0.1, 0.15) is 29.0 Å². The molecule has 1 atom stereocenters. The molecule has 0 bridgehead atoms. The van der Waals surface area contributed by atoms with Crippen LogP contribution >= 0.6 is 0 Å². The first-order valence-electron chi connectivity index (χ1n) is 6.65. The summed E-state index contributed by atoms with van der Waals surface area (Å²) in [6.45, 7) is 2.77. The van der Waals surface area contributed by atoms with Crippen LogP contribution in [0.25, 0.3) is 0 Å². The van der Waals surface area contributed by atoms with Crippen LogP contribution < -0.4 is 10.5 Å². The molecule has 100 valence electrons. The zero-order chi connectivity index (χ0) is 13.7. The minimum absolute atomic E-state index is 0.293. The van der Waals surface area contributed by atoms with Gasteiger partial charge in [-0.2, -0.15) is 0 Å². The van der Waals surface area contributed by atoms with Crippen molar-refractivity contribution in [3.8, 4) is 5.75 Å². The van der Waals surface area contributed by atoms with Gasteiger partial charge in [0.1, 0.15) is 5.75 Å². The van der Waals surface area contributed by atoms with E-state index in [0.717, 1.165) is 12.2 Å². The van der Waals surface area contributed by atoms with E-state index >= 15 is 0 Å². The van der Waals surface area contributed by atoms with Crippen molar-refractivity contribution in [3.05, 3.63) is 65.2 Å². The highest BCUT2D eigenvalue weighted by atomic mass is 16.5. The standard InChI is InChI=1S/C17H21NO/c1-13-8-9-17(19-2)16(12-13)15(10-11-18)14-6-4-3-5-7-14/h3-9,12,15H,10-11,18H2,1-2H3. The second-order valence-electron chi connectivity index (χ2n) is 4.79. The van der Waals surface area contributed by atoms with Crippen LogP contribution in [0.15, 0.2) is 48.5 Å². The normalized spacial score (nSPS) is 12.2. The van der Waals surface area contributed by atoms with Crippen molar-refractivity contribution in [2.24, 2.45) is 5.73 Å².